The number of hydrogen-bond acceptors (Lipinski definition) is 5. The zero-order chi connectivity index (χ0) is 10.7. The number of nitrogens with one attached hydrogen (secondary N) is 1. The van der Waals surface area contributed by atoms with E-state index in [0.29, 0.717) is 19.8 Å². The largest absolute Gasteiger partial charge is 0.376 e. The number of nitrogens with two attached hydrogens (primary N) is 1. The number of rotatable bonds is 3. The highest BCUT2D eigenvalue weighted by Gasteiger charge is 2.26. The molecule has 0 bridgehead atoms. The van der Waals surface area contributed by atoms with Crippen molar-refractivity contribution in [3.8, 4) is 0 Å². The maximum Gasteiger partial charge on any atom is 0.102 e. The first-order chi connectivity index (χ1) is 7.31. The van der Waals surface area contributed by atoms with Gasteiger partial charge in [0.15, 0.2) is 0 Å². The number of ether oxygens (including phenoxy) is 2. The summed E-state index contributed by atoms with van der Waals surface area (Å²) in [5, 5.41) is 0. The fourth-order valence-electron chi connectivity index (χ4n) is 1.57. The Balaban J connectivity index is 2.08. The van der Waals surface area contributed by atoms with Crippen LogP contribution in [0.15, 0.2) is 12.1 Å². The number of halogens is 1. The summed E-state index contributed by atoms with van der Waals surface area (Å²) in [6.07, 6.45) is -0.0431. The molecule has 0 radical (unpaired) electrons. The van der Waals surface area contributed by atoms with Crippen LogP contribution in [0, 0.1) is 0 Å². The molecule has 0 saturated carbocycles. The van der Waals surface area contributed by atoms with Gasteiger partial charge in [0.2, 0.25) is 0 Å². The average molecular weight is 249 g/mol. The molecule has 4 nitrogen and oxygen atoms in total. The van der Waals surface area contributed by atoms with E-state index in [1.165, 1.54) is 11.3 Å². The SMILES string of the molecule is NNC(c1ccc(Cl)s1)C1COCCO1. The van der Waals surface area contributed by atoms with Crippen LogP contribution in [0.1, 0.15) is 10.9 Å². The van der Waals surface area contributed by atoms with Crippen molar-refractivity contribution in [1.29, 1.82) is 0 Å². The molecule has 0 amide bonds. The molecule has 1 aliphatic rings. The van der Waals surface area contributed by atoms with E-state index in [4.69, 9.17) is 26.9 Å². The highest BCUT2D eigenvalue weighted by atomic mass is 35.5. The van der Waals surface area contributed by atoms with Gasteiger partial charge >= 0.3 is 0 Å². The maximum atomic E-state index is 5.88. The second-order valence-electron chi connectivity index (χ2n) is 3.27. The first-order valence-corrected chi connectivity index (χ1v) is 5.91. The van der Waals surface area contributed by atoms with Crippen molar-refractivity contribution in [2.45, 2.75) is 12.1 Å². The topological polar surface area (TPSA) is 56.5 Å². The standard InChI is InChI=1S/C9H13ClN2O2S/c10-8-2-1-7(15-8)9(12-11)6-5-13-3-4-14-6/h1-2,6,9,12H,3-5,11H2. The normalized spacial score (nSPS) is 24.0. The average Bonchev–Trinajstić information content (AvgIpc) is 2.68. The van der Waals surface area contributed by atoms with Crippen molar-refractivity contribution in [3.05, 3.63) is 21.3 Å². The molecule has 1 fully saturated rings. The zero-order valence-electron chi connectivity index (χ0n) is 8.11. The molecule has 2 rings (SSSR count). The van der Waals surface area contributed by atoms with Gasteiger partial charge in [-0.25, -0.2) is 5.43 Å². The third kappa shape index (κ3) is 2.69. The van der Waals surface area contributed by atoms with Gasteiger partial charge in [0.25, 0.3) is 0 Å². The van der Waals surface area contributed by atoms with E-state index in [-0.39, 0.29) is 12.1 Å². The van der Waals surface area contributed by atoms with Crippen LogP contribution in [0.4, 0.5) is 0 Å². The van der Waals surface area contributed by atoms with Crippen LogP contribution in [0.3, 0.4) is 0 Å². The minimum Gasteiger partial charge on any atom is -0.376 e. The number of hydrogen-bond donors (Lipinski definition) is 2. The second-order valence-corrected chi connectivity index (χ2v) is 5.02. The monoisotopic (exact) mass is 248 g/mol. The minimum atomic E-state index is -0.0530. The molecule has 0 aliphatic carbocycles. The molecule has 84 valence electrons. The molecule has 2 unspecified atom stereocenters. The molecule has 1 aromatic rings. The lowest BCUT2D eigenvalue weighted by atomic mass is 10.1. The fourth-order valence-corrected chi connectivity index (χ4v) is 2.74. The molecule has 0 aromatic carbocycles. The Morgan fingerprint density at radius 3 is 2.93 bits per heavy atom. The Bertz CT molecular complexity index is 315. The van der Waals surface area contributed by atoms with Crippen molar-refractivity contribution in [3.63, 3.8) is 0 Å². The summed E-state index contributed by atoms with van der Waals surface area (Å²) < 4.78 is 11.7. The van der Waals surface area contributed by atoms with Gasteiger partial charge in [-0.1, -0.05) is 11.6 Å². The predicted molar refractivity (Wildman–Crippen MR) is 60.0 cm³/mol. The van der Waals surface area contributed by atoms with Crippen LogP contribution >= 0.6 is 22.9 Å². The Labute approximate surface area is 97.3 Å². The van der Waals surface area contributed by atoms with E-state index < -0.39 is 0 Å². The third-order valence-corrected chi connectivity index (χ3v) is 3.61. The lowest BCUT2D eigenvalue weighted by Gasteiger charge is -2.29. The smallest absolute Gasteiger partial charge is 0.102 e. The molecular formula is C9H13ClN2O2S. The quantitative estimate of drug-likeness (QED) is 0.626. The van der Waals surface area contributed by atoms with Crippen LogP contribution < -0.4 is 11.3 Å². The summed E-state index contributed by atoms with van der Waals surface area (Å²) in [6.45, 7) is 1.82. The lowest BCUT2D eigenvalue weighted by Crippen LogP contribution is -2.42. The van der Waals surface area contributed by atoms with Gasteiger partial charge < -0.3 is 9.47 Å². The van der Waals surface area contributed by atoms with E-state index >= 15 is 0 Å². The van der Waals surface area contributed by atoms with Crippen LogP contribution in [-0.4, -0.2) is 25.9 Å². The Hall–Kier alpha value is -0.170. The van der Waals surface area contributed by atoms with Crippen molar-refractivity contribution in [2.24, 2.45) is 5.84 Å². The van der Waals surface area contributed by atoms with Crippen LogP contribution in [0.2, 0.25) is 4.34 Å². The molecule has 15 heavy (non-hydrogen) atoms. The molecule has 1 aliphatic heterocycles. The molecule has 1 saturated heterocycles. The minimum absolute atomic E-state index is 0.0431. The van der Waals surface area contributed by atoms with Gasteiger partial charge in [-0.15, -0.1) is 11.3 Å². The molecule has 2 atom stereocenters. The fraction of sp³-hybridized carbons (Fsp3) is 0.556. The van der Waals surface area contributed by atoms with Gasteiger partial charge in [-0.05, 0) is 12.1 Å². The highest BCUT2D eigenvalue weighted by molar-refractivity contribution is 7.16. The first-order valence-electron chi connectivity index (χ1n) is 4.72. The second kappa shape index (κ2) is 5.25. The summed E-state index contributed by atoms with van der Waals surface area (Å²) >= 11 is 7.38. The summed E-state index contributed by atoms with van der Waals surface area (Å²) in [5.74, 6) is 5.52. The van der Waals surface area contributed by atoms with E-state index in [0.717, 1.165) is 9.21 Å². The van der Waals surface area contributed by atoms with Crippen LogP contribution in [0.5, 0.6) is 0 Å². The number of thiophene rings is 1. The Kier molecular flexibility index (Phi) is 3.96. The molecule has 1 aromatic heterocycles. The Morgan fingerprint density at radius 1 is 1.53 bits per heavy atom. The molecule has 6 heteroatoms. The maximum absolute atomic E-state index is 5.88. The van der Waals surface area contributed by atoms with Crippen molar-refractivity contribution < 1.29 is 9.47 Å². The van der Waals surface area contributed by atoms with Gasteiger partial charge in [-0.2, -0.15) is 0 Å². The van der Waals surface area contributed by atoms with Crippen molar-refractivity contribution in [2.75, 3.05) is 19.8 Å². The highest BCUT2D eigenvalue weighted by Crippen LogP contribution is 2.30. The van der Waals surface area contributed by atoms with Gasteiger partial charge in [0, 0.05) is 4.88 Å². The number of hydrazine groups is 1. The van der Waals surface area contributed by atoms with Crippen molar-refractivity contribution in [1.82, 2.24) is 5.43 Å². The summed E-state index contributed by atoms with van der Waals surface area (Å²) in [5.41, 5.74) is 2.75. The predicted octanol–water partition coefficient (Wildman–Crippen LogP) is 1.32. The van der Waals surface area contributed by atoms with E-state index in [9.17, 15) is 0 Å². The van der Waals surface area contributed by atoms with Gasteiger partial charge in [0.05, 0.1) is 30.2 Å². The summed E-state index contributed by atoms with van der Waals surface area (Å²) in [6, 6.07) is 3.76. The first kappa shape index (κ1) is 11.3. The zero-order valence-corrected chi connectivity index (χ0v) is 9.68. The molecular weight excluding hydrogens is 236 g/mol. The molecule has 3 N–H and O–H groups in total. The van der Waals surface area contributed by atoms with Crippen LogP contribution in [0.25, 0.3) is 0 Å². The van der Waals surface area contributed by atoms with Gasteiger partial charge in [0.1, 0.15) is 6.10 Å². The molecule has 0 spiro atoms. The van der Waals surface area contributed by atoms with E-state index in [1.54, 1.807) is 0 Å². The van der Waals surface area contributed by atoms with E-state index in [2.05, 4.69) is 5.43 Å². The summed E-state index contributed by atoms with van der Waals surface area (Å²) in [7, 11) is 0. The summed E-state index contributed by atoms with van der Waals surface area (Å²) in [4.78, 5) is 1.07. The molecule has 2 heterocycles. The third-order valence-electron chi connectivity index (χ3n) is 2.29. The Morgan fingerprint density at radius 2 is 2.40 bits per heavy atom. The van der Waals surface area contributed by atoms with Gasteiger partial charge in [-0.3, -0.25) is 5.84 Å². The van der Waals surface area contributed by atoms with Crippen LogP contribution in [-0.2, 0) is 9.47 Å². The van der Waals surface area contributed by atoms with Crippen molar-refractivity contribution >= 4 is 22.9 Å². The lowest BCUT2D eigenvalue weighted by molar-refractivity contribution is -0.102. The van der Waals surface area contributed by atoms with E-state index in [1.807, 2.05) is 12.1 Å².